The first-order valence-electron chi connectivity index (χ1n) is 29.1. The van der Waals surface area contributed by atoms with Crippen molar-refractivity contribution >= 4 is 11.9 Å². The third-order valence-electron chi connectivity index (χ3n) is 13.6. The number of aliphatic hydroxyl groups excluding tert-OH is 2. The van der Waals surface area contributed by atoms with Gasteiger partial charge in [-0.2, -0.15) is 0 Å². The molecule has 3 unspecified atom stereocenters. The quantitative estimate of drug-likeness (QED) is 0.0321. The van der Waals surface area contributed by atoms with E-state index in [4.69, 9.17) is 4.74 Å². The fourth-order valence-corrected chi connectivity index (χ4v) is 9.13. The number of carbonyl (C=O) groups excluding carboxylic acids is 2. The van der Waals surface area contributed by atoms with Crippen LogP contribution < -0.4 is 5.32 Å². The van der Waals surface area contributed by atoms with E-state index in [0.717, 1.165) is 51.4 Å². The second-order valence-electron chi connectivity index (χ2n) is 20.1. The van der Waals surface area contributed by atoms with E-state index in [9.17, 15) is 19.8 Å². The zero-order chi connectivity index (χ0) is 47.4. The van der Waals surface area contributed by atoms with Crippen LogP contribution in [-0.4, -0.2) is 46.9 Å². The molecule has 0 aromatic rings. The zero-order valence-electron chi connectivity index (χ0n) is 43.9. The van der Waals surface area contributed by atoms with Crippen LogP contribution >= 0.6 is 0 Å². The van der Waals surface area contributed by atoms with Crippen molar-refractivity contribution in [3.8, 4) is 0 Å². The topological polar surface area (TPSA) is 95.9 Å². The minimum Gasteiger partial charge on any atom is -0.462 e. The summed E-state index contributed by atoms with van der Waals surface area (Å²) in [7, 11) is 0. The Labute approximate surface area is 405 Å². The Hall–Kier alpha value is -1.66. The molecule has 0 aliphatic rings. The average molecular weight is 917 g/mol. The van der Waals surface area contributed by atoms with E-state index in [1.807, 2.05) is 0 Å². The minimum atomic E-state index is -0.786. The van der Waals surface area contributed by atoms with Crippen molar-refractivity contribution in [2.24, 2.45) is 0 Å². The molecule has 0 heterocycles. The lowest BCUT2D eigenvalue weighted by Crippen LogP contribution is -2.46. The summed E-state index contributed by atoms with van der Waals surface area (Å²) in [6, 6.07) is -0.700. The Morgan fingerprint density at radius 2 is 0.769 bits per heavy atom. The van der Waals surface area contributed by atoms with Crippen LogP contribution in [0.3, 0.4) is 0 Å². The zero-order valence-corrected chi connectivity index (χ0v) is 43.9. The SMILES string of the molecule is CCCCC/C=C/C=C/CCCCCCCCC(=O)OC(CCCCCCCCCCCCCCCCCC)CC(=O)NC(CO)C(O)CCCCCCCCCCCCCCCCC. The van der Waals surface area contributed by atoms with E-state index < -0.39 is 18.2 Å². The summed E-state index contributed by atoms with van der Waals surface area (Å²) in [5.74, 6) is -0.467. The van der Waals surface area contributed by atoms with E-state index in [-0.39, 0.29) is 24.9 Å². The number of allylic oxidation sites excluding steroid dienone is 4. The summed E-state index contributed by atoms with van der Waals surface area (Å²) in [6.45, 7) is 6.50. The highest BCUT2D eigenvalue weighted by molar-refractivity contribution is 5.77. The van der Waals surface area contributed by atoms with Crippen LogP contribution in [0, 0.1) is 0 Å². The molecule has 0 saturated carbocycles. The maximum atomic E-state index is 13.3. The van der Waals surface area contributed by atoms with Gasteiger partial charge in [-0.3, -0.25) is 9.59 Å². The minimum absolute atomic E-state index is 0.0791. The van der Waals surface area contributed by atoms with E-state index in [1.54, 1.807) is 0 Å². The molecule has 0 spiro atoms. The summed E-state index contributed by atoms with van der Waals surface area (Å²) < 4.78 is 5.96. The molecule has 0 radical (unpaired) electrons. The number of unbranched alkanes of at least 4 members (excludes halogenated alkanes) is 38. The van der Waals surface area contributed by atoms with Crippen LogP contribution in [0.4, 0.5) is 0 Å². The standard InChI is InChI=1S/C59H113NO5/c1-4-7-10-13-16-19-22-25-28-31-32-35-38-41-44-47-50-55(65-59(64)52-49-46-43-40-37-34-30-27-24-21-18-15-12-9-6-3)53-58(63)60-56(54-61)57(62)51-48-45-42-39-36-33-29-26-23-20-17-14-11-8-5-2/h18,21,24,27,55-57,61-62H,4-17,19-20,22-23,25-26,28-54H2,1-3H3,(H,60,63)/b21-18+,27-24+. The number of hydrogen-bond acceptors (Lipinski definition) is 5. The first-order valence-corrected chi connectivity index (χ1v) is 29.1. The molecule has 0 aromatic heterocycles. The first-order chi connectivity index (χ1) is 32.0. The molecule has 6 nitrogen and oxygen atoms in total. The molecule has 6 heteroatoms. The maximum absolute atomic E-state index is 13.3. The lowest BCUT2D eigenvalue weighted by molar-refractivity contribution is -0.151. The van der Waals surface area contributed by atoms with Crippen molar-refractivity contribution in [2.45, 2.75) is 334 Å². The van der Waals surface area contributed by atoms with Gasteiger partial charge < -0.3 is 20.3 Å². The van der Waals surface area contributed by atoms with Crippen LogP contribution in [0.15, 0.2) is 24.3 Å². The van der Waals surface area contributed by atoms with Crippen LogP contribution in [-0.2, 0) is 14.3 Å². The van der Waals surface area contributed by atoms with Gasteiger partial charge in [0.2, 0.25) is 5.91 Å². The van der Waals surface area contributed by atoms with E-state index in [0.29, 0.717) is 19.3 Å². The van der Waals surface area contributed by atoms with Gasteiger partial charge in [0.15, 0.2) is 0 Å². The third kappa shape index (κ3) is 48.6. The second-order valence-corrected chi connectivity index (χ2v) is 20.1. The Morgan fingerprint density at radius 3 is 1.17 bits per heavy atom. The number of carbonyl (C=O) groups is 2. The molecule has 0 aromatic carbocycles. The number of ether oxygens (including phenoxy) is 1. The summed E-state index contributed by atoms with van der Waals surface area (Å²) in [5, 5.41) is 23.9. The maximum Gasteiger partial charge on any atom is 0.306 e. The molecule has 0 bridgehead atoms. The molecule has 0 rings (SSSR count). The van der Waals surface area contributed by atoms with Crippen molar-refractivity contribution in [2.75, 3.05) is 6.61 Å². The van der Waals surface area contributed by atoms with Crippen molar-refractivity contribution < 1.29 is 24.5 Å². The summed E-state index contributed by atoms with van der Waals surface area (Å²) in [5.41, 5.74) is 0. The van der Waals surface area contributed by atoms with Crippen molar-refractivity contribution in [1.29, 1.82) is 0 Å². The summed E-state index contributed by atoms with van der Waals surface area (Å²) >= 11 is 0. The first kappa shape index (κ1) is 63.3. The second kappa shape index (κ2) is 53.3. The third-order valence-corrected chi connectivity index (χ3v) is 13.6. The Kier molecular flexibility index (Phi) is 51.9. The van der Waals surface area contributed by atoms with Crippen LogP contribution in [0.5, 0.6) is 0 Å². The molecule has 0 aliphatic heterocycles. The van der Waals surface area contributed by atoms with Gasteiger partial charge in [-0.05, 0) is 51.4 Å². The molecule has 3 atom stereocenters. The van der Waals surface area contributed by atoms with Gasteiger partial charge >= 0.3 is 5.97 Å². The largest absolute Gasteiger partial charge is 0.462 e. The van der Waals surface area contributed by atoms with E-state index in [1.165, 1.54) is 218 Å². The number of nitrogens with one attached hydrogen (secondary N) is 1. The van der Waals surface area contributed by atoms with Gasteiger partial charge in [0.25, 0.3) is 0 Å². The number of aliphatic hydroxyl groups is 2. The number of hydrogen-bond donors (Lipinski definition) is 3. The Bertz CT molecular complexity index is 1030. The van der Waals surface area contributed by atoms with Gasteiger partial charge in [0.1, 0.15) is 6.10 Å². The fourth-order valence-electron chi connectivity index (χ4n) is 9.13. The molecule has 1 amide bonds. The van der Waals surface area contributed by atoms with Crippen molar-refractivity contribution in [1.82, 2.24) is 5.32 Å². The predicted octanol–water partition coefficient (Wildman–Crippen LogP) is 17.9. The molecule has 3 N–H and O–H groups in total. The summed E-state index contributed by atoms with van der Waals surface area (Å²) in [4.78, 5) is 26.3. The molecule has 0 aliphatic carbocycles. The molecular weight excluding hydrogens is 803 g/mol. The molecule has 0 fully saturated rings. The van der Waals surface area contributed by atoms with Gasteiger partial charge in [-0.25, -0.2) is 0 Å². The monoisotopic (exact) mass is 916 g/mol. The predicted molar refractivity (Wildman–Crippen MR) is 283 cm³/mol. The number of amides is 1. The normalized spacial score (nSPS) is 13.2. The van der Waals surface area contributed by atoms with Gasteiger partial charge in [0.05, 0.1) is 25.2 Å². The van der Waals surface area contributed by atoms with Gasteiger partial charge in [-0.15, -0.1) is 0 Å². The van der Waals surface area contributed by atoms with Crippen LogP contribution in [0.2, 0.25) is 0 Å². The average Bonchev–Trinajstić information content (AvgIpc) is 3.30. The highest BCUT2D eigenvalue weighted by Gasteiger charge is 2.24. The van der Waals surface area contributed by atoms with Gasteiger partial charge in [0, 0.05) is 6.42 Å². The summed E-state index contributed by atoms with van der Waals surface area (Å²) in [6.07, 6.45) is 62.4. The lowest BCUT2D eigenvalue weighted by Gasteiger charge is -2.24. The molecular formula is C59H113NO5. The number of rotatable bonds is 53. The van der Waals surface area contributed by atoms with Crippen molar-refractivity contribution in [3.63, 3.8) is 0 Å². The molecule has 0 saturated heterocycles. The smallest absolute Gasteiger partial charge is 0.306 e. The number of esters is 1. The lowest BCUT2D eigenvalue weighted by atomic mass is 10.0. The van der Waals surface area contributed by atoms with Crippen molar-refractivity contribution in [3.05, 3.63) is 24.3 Å². The Balaban J connectivity index is 4.53. The van der Waals surface area contributed by atoms with E-state index >= 15 is 0 Å². The fraction of sp³-hybridized carbons (Fsp3) is 0.898. The molecule has 384 valence electrons. The van der Waals surface area contributed by atoms with E-state index in [2.05, 4.69) is 50.4 Å². The molecule has 65 heavy (non-hydrogen) atoms. The van der Waals surface area contributed by atoms with Crippen LogP contribution in [0.1, 0.15) is 316 Å². The Morgan fingerprint density at radius 1 is 0.446 bits per heavy atom. The highest BCUT2D eigenvalue weighted by Crippen LogP contribution is 2.19. The highest BCUT2D eigenvalue weighted by atomic mass is 16.5. The van der Waals surface area contributed by atoms with Gasteiger partial charge in [-0.1, -0.05) is 276 Å². The van der Waals surface area contributed by atoms with Crippen LogP contribution in [0.25, 0.3) is 0 Å².